The molecule has 0 unspecified atom stereocenters. The number of carbonyl (C=O) groups is 1. The molecule has 1 heterocycles. The van der Waals surface area contributed by atoms with Crippen LogP contribution in [0, 0.1) is 0 Å². The largest absolute Gasteiger partial charge is 0.477 e. The number of pyridine rings is 1. The Morgan fingerprint density at radius 3 is 2.58 bits per heavy atom. The van der Waals surface area contributed by atoms with Crippen molar-refractivity contribution in [2.45, 2.75) is 25.2 Å². The lowest BCUT2D eigenvalue weighted by molar-refractivity contribution is 0.0690. The van der Waals surface area contributed by atoms with E-state index in [1.165, 1.54) is 24.8 Å². The van der Waals surface area contributed by atoms with Crippen LogP contribution in [0.3, 0.4) is 0 Å². The first kappa shape index (κ1) is 11.9. The standard InChI is InChI=1S/C16H15NO2/c18-16(19)15-8-7-14(10-17-15)13-6-2-5-12(9-13)11-3-1-4-11/h2,5-11H,1,3-4H2,(H,18,19). The number of nitrogens with zero attached hydrogens (tertiary/aromatic N) is 1. The molecule has 1 N–H and O–H groups in total. The summed E-state index contributed by atoms with van der Waals surface area (Å²) >= 11 is 0. The van der Waals surface area contributed by atoms with Crippen LogP contribution in [0.15, 0.2) is 42.6 Å². The van der Waals surface area contributed by atoms with E-state index in [0.717, 1.165) is 11.1 Å². The average Bonchev–Trinajstić information content (AvgIpc) is 2.37. The maximum atomic E-state index is 10.8. The molecule has 19 heavy (non-hydrogen) atoms. The van der Waals surface area contributed by atoms with Crippen LogP contribution in [0.25, 0.3) is 11.1 Å². The van der Waals surface area contributed by atoms with E-state index in [9.17, 15) is 4.79 Å². The van der Waals surface area contributed by atoms with Crippen LogP contribution in [0.2, 0.25) is 0 Å². The zero-order valence-corrected chi connectivity index (χ0v) is 10.5. The molecule has 1 aromatic heterocycles. The monoisotopic (exact) mass is 253 g/mol. The van der Waals surface area contributed by atoms with Gasteiger partial charge in [-0.15, -0.1) is 0 Å². The van der Waals surface area contributed by atoms with Gasteiger partial charge in [-0.1, -0.05) is 36.8 Å². The van der Waals surface area contributed by atoms with Gasteiger partial charge in [-0.3, -0.25) is 0 Å². The lowest BCUT2D eigenvalue weighted by Crippen LogP contribution is -2.08. The molecule has 1 saturated carbocycles. The highest BCUT2D eigenvalue weighted by atomic mass is 16.4. The number of benzene rings is 1. The molecular formula is C16H15NO2. The molecule has 3 nitrogen and oxygen atoms in total. The number of rotatable bonds is 3. The second-order valence-electron chi connectivity index (χ2n) is 4.99. The second-order valence-corrected chi connectivity index (χ2v) is 4.99. The zero-order chi connectivity index (χ0) is 13.2. The lowest BCUT2D eigenvalue weighted by Gasteiger charge is -2.26. The van der Waals surface area contributed by atoms with Crippen molar-refractivity contribution >= 4 is 5.97 Å². The highest BCUT2D eigenvalue weighted by Crippen LogP contribution is 2.37. The third-order valence-electron chi connectivity index (χ3n) is 3.78. The molecule has 0 amide bonds. The first-order chi connectivity index (χ1) is 9.24. The summed E-state index contributed by atoms with van der Waals surface area (Å²) in [6, 6.07) is 11.8. The predicted octanol–water partition coefficient (Wildman–Crippen LogP) is 3.71. The minimum Gasteiger partial charge on any atom is -0.477 e. The minimum absolute atomic E-state index is 0.0823. The van der Waals surface area contributed by atoms with E-state index in [1.54, 1.807) is 12.3 Å². The summed E-state index contributed by atoms with van der Waals surface area (Å²) in [5, 5.41) is 8.84. The average molecular weight is 253 g/mol. The number of hydrogen-bond acceptors (Lipinski definition) is 2. The van der Waals surface area contributed by atoms with E-state index in [2.05, 4.69) is 23.2 Å². The smallest absolute Gasteiger partial charge is 0.354 e. The van der Waals surface area contributed by atoms with Gasteiger partial charge in [0.25, 0.3) is 0 Å². The Labute approximate surface area is 111 Å². The van der Waals surface area contributed by atoms with Gasteiger partial charge in [0.2, 0.25) is 0 Å². The SMILES string of the molecule is O=C(O)c1ccc(-c2cccc(C3CCC3)c2)cn1. The number of aromatic nitrogens is 1. The van der Waals surface area contributed by atoms with E-state index in [4.69, 9.17) is 5.11 Å². The molecule has 0 saturated heterocycles. The molecule has 3 rings (SSSR count). The number of aromatic carboxylic acids is 1. The molecule has 1 fully saturated rings. The summed E-state index contributed by atoms with van der Waals surface area (Å²) < 4.78 is 0. The molecular weight excluding hydrogens is 238 g/mol. The van der Waals surface area contributed by atoms with Crippen LogP contribution in [0.1, 0.15) is 41.2 Å². The lowest BCUT2D eigenvalue weighted by atomic mass is 9.79. The molecule has 0 aliphatic heterocycles. The molecule has 0 spiro atoms. The van der Waals surface area contributed by atoms with Crippen molar-refractivity contribution in [2.75, 3.05) is 0 Å². The molecule has 1 aliphatic rings. The Bertz CT molecular complexity index is 600. The topological polar surface area (TPSA) is 50.2 Å². The normalized spacial score (nSPS) is 14.9. The van der Waals surface area contributed by atoms with E-state index in [-0.39, 0.29) is 5.69 Å². The van der Waals surface area contributed by atoms with Gasteiger partial charge in [-0.2, -0.15) is 0 Å². The summed E-state index contributed by atoms with van der Waals surface area (Å²) in [7, 11) is 0. The van der Waals surface area contributed by atoms with Gasteiger partial charge in [0, 0.05) is 11.8 Å². The summed E-state index contributed by atoms with van der Waals surface area (Å²) in [6.07, 6.45) is 5.51. The van der Waals surface area contributed by atoms with Crippen molar-refractivity contribution in [1.82, 2.24) is 4.98 Å². The van der Waals surface area contributed by atoms with Gasteiger partial charge in [0.15, 0.2) is 0 Å². The summed E-state index contributed by atoms with van der Waals surface area (Å²) in [6.45, 7) is 0. The predicted molar refractivity (Wildman–Crippen MR) is 73.2 cm³/mol. The van der Waals surface area contributed by atoms with Gasteiger partial charge in [0.05, 0.1) is 0 Å². The van der Waals surface area contributed by atoms with E-state index in [1.807, 2.05) is 12.1 Å². The Hall–Kier alpha value is -2.16. The van der Waals surface area contributed by atoms with Gasteiger partial charge >= 0.3 is 5.97 Å². The number of hydrogen-bond donors (Lipinski definition) is 1. The third kappa shape index (κ3) is 2.36. The first-order valence-electron chi connectivity index (χ1n) is 6.54. The third-order valence-corrected chi connectivity index (χ3v) is 3.78. The van der Waals surface area contributed by atoms with Gasteiger partial charge in [-0.25, -0.2) is 9.78 Å². The summed E-state index contributed by atoms with van der Waals surface area (Å²) in [4.78, 5) is 14.7. The highest BCUT2D eigenvalue weighted by Gasteiger charge is 2.19. The van der Waals surface area contributed by atoms with Crippen molar-refractivity contribution in [2.24, 2.45) is 0 Å². The van der Waals surface area contributed by atoms with Crippen molar-refractivity contribution in [3.8, 4) is 11.1 Å². The van der Waals surface area contributed by atoms with Gasteiger partial charge in [0.1, 0.15) is 5.69 Å². The van der Waals surface area contributed by atoms with Crippen LogP contribution in [-0.4, -0.2) is 16.1 Å². The summed E-state index contributed by atoms with van der Waals surface area (Å²) in [5.41, 5.74) is 3.53. The van der Waals surface area contributed by atoms with Crippen LogP contribution in [-0.2, 0) is 0 Å². The zero-order valence-electron chi connectivity index (χ0n) is 10.5. The fraction of sp³-hybridized carbons (Fsp3) is 0.250. The van der Waals surface area contributed by atoms with Crippen molar-refractivity contribution in [1.29, 1.82) is 0 Å². The fourth-order valence-electron chi connectivity index (χ4n) is 2.40. The molecule has 3 heteroatoms. The van der Waals surface area contributed by atoms with Crippen LogP contribution in [0.5, 0.6) is 0 Å². The van der Waals surface area contributed by atoms with Crippen molar-refractivity contribution in [3.63, 3.8) is 0 Å². The fourth-order valence-corrected chi connectivity index (χ4v) is 2.40. The second kappa shape index (κ2) is 4.84. The molecule has 1 aromatic carbocycles. The van der Waals surface area contributed by atoms with Crippen molar-refractivity contribution in [3.05, 3.63) is 53.9 Å². The summed E-state index contributed by atoms with van der Waals surface area (Å²) in [5.74, 6) is -0.291. The van der Waals surface area contributed by atoms with Gasteiger partial charge < -0.3 is 5.11 Å². The molecule has 96 valence electrons. The van der Waals surface area contributed by atoms with Crippen molar-refractivity contribution < 1.29 is 9.90 Å². The maximum absolute atomic E-state index is 10.8. The molecule has 2 aromatic rings. The van der Waals surface area contributed by atoms with Gasteiger partial charge in [-0.05, 0) is 36.0 Å². The molecule has 0 radical (unpaired) electrons. The van der Waals surface area contributed by atoms with Crippen LogP contribution < -0.4 is 0 Å². The Kier molecular flexibility index (Phi) is 3.03. The molecule has 0 bridgehead atoms. The Balaban J connectivity index is 1.90. The van der Waals surface area contributed by atoms with E-state index in [0.29, 0.717) is 5.92 Å². The highest BCUT2D eigenvalue weighted by molar-refractivity contribution is 5.85. The van der Waals surface area contributed by atoms with E-state index < -0.39 is 5.97 Å². The van der Waals surface area contributed by atoms with E-state index >= 15 is 0 Å². The number of carboxylic acids is 1. The van der Waals surface area contributed by atoms with Crippen LogP contribution in [0.4, 0.5) is 0 Å². The minimum atomic E-state index is -0.991. The Morgan fingerprint density at radius 1 is 1.16 bits per heavy atom. The molecule has 0 atom stereocenters. The molecule has 1 aliphatic carbocycles. The maximum Gasteiger partial charge on any atom is 0.354 e. The Morgan fingerprint density at radius 2 is 2.00 bits per heavy atom. The quantitative estimate of drug-likeness (QED) is 0.907. The first-order valence-corrected chi connectivity index (χ1v) is 6.54. The number of carboxylic acid groups (broad SMARTS) is 1. The van der Waals surface area contributed by atoms with Crippen LogP contribution >= 0.6 is 0 Å².